The normalized spacial score (nSPS) is 10.0. The number of benzene rings is 1. The highest BCUT2D eigenvalue weighted by Gasteiger charge is 2.18. The Morgan fingerprint density at radius 3 is 2.69 bits per heavy atom. The van der Waals surface area contributed by atoms with Crippen molar-refractivity contribution in [2.45, 2.75) is 6.54 Å². The minimum atomic E-state index is -0.367. The highest BCUT2D eigenvalue weighted by molar-refractivity contribution is 5.92. The molecule has 0 radical (unpaired) electrons. The van der Waals surface area contributed by atoms with Crippen LogP contribution < -0.4 is 10.1 Å². The van der Waals surface area contributed by atoms with Crippen LogP contribution in [0.1, 0.15) is 16.4 Å². The molecule has 0 aliphatic heterocycles. The molecule has 1 aromatic carbocycles. The van der Waals surface area contributed by atoms with Gasteiger partial charge in [0, 0.05) is 13.1 Å². The zero-order chi connectivity index (χ0) is 18.8. The number of nitrogens with zero attached hydrogens (tertiary/aromatic N) is 2. The second kappa shape index (κ2) is 9.83. The number of ether oxygens (including phenoxy) is 1. The van der Waals surface area contributed by atoms with Gasteiger partial charge in [0.15, 0.2) is 12.3 Å². The van der Waals surface area contributed by atoms with Gasteiger partial charge in [-0.05, 0) is 12.1 Å². The minimum Gasteiger partial charge on any atom is -0.484 e. The van der Waals surface area contributed by atoms with Crippen LogP contribution in [0.3, 0.4) is 0 Å². The average Bonchev–Trinajstić information content (AvgIpc) is 3.13. The second-order valence-electron chi connectivity index (χ2n) is 5.29. The van der Waals surface area contributed by atoms with E-state index in [2.05, 4.69) is 23.5 Å². The minimum absolute atomic E-state index is 0.109. The predicted molar refractivity (Wildman–Crippen MR) is 96.6 cm³/mol. The zero-order valence-corrected chi connectivity index (χ0v) is 14.4. The molecule has 0 aliphatic rings. The number of hydrogen-bond donors (Lipinski definition) is 1. The summed E-state index contributed by atoms with van der Waals surface area (Å²) in [5.74, 6) is 0.249. The molecule has 1 heterocycles. The van der Waals surface area contributed by atoms with E-state index in [0.29, 0.717) is 18.8 Å². The van der Waals surface area contributed by atoms with E-state index in [9.17, 15) is 9.59 Å². The van der Waals surface area contributed by atoms with Crippen LogP contribution in [0, 0.1) is 0 Å². The molecule has 0 saturated heterocycles. The maximum Gasteiger partial charge on any atom is 0.273 e. The summed E-state index contributed by atoms with van der Waals surface area (Å²) in [6.45, 7) is 7.80. The molecular weight excluding hydrogens is 334 g/mol. The van der Waals surface area contributed by atoms with Crippen LogP contribution in [-0.4, -0.2) is 41.4 Å². The van der Waals surface area contributed by atoms with Crippen molar-refractivity contribution in [3.05, 3.63) is 73.5 Å². The standard InChI is InChI=1S/C19H21N3O4/c1-3-10-20-19(24)16-13-26-17(21-16)12-22(11-4-2)18(23)14-25-15-8-6-5-7-9-15/h3-9,13H,1-2,10-12,14H2,(H,20,24). The Balaban J connectivity index is 1.95. The van der Waals surface area contributed by atoms with E-state index in [-0.39, 0.29) is 36.6 Å². The first-order valence-electron chi connectivity index (χ1n) is 8.04. The van der Waals surface area contributed by atoms with Crippen LogP contribution in [0.25, 0.3) is 0 Å². The van der Waals surface area contributed by atoms with Crippen molar-refractivity contribution >= 4 is 11.8 Å². The van der Waals surface area contributed by atoms with E-state index >= 15 is 0 Å². The Bertz CT molecular complexity index is 755. The van der Waals surface area contributed by atoms with Crippen LogP contribution in [0.2, 0.25) is 0 Å². The molecular formula is C19H21N3O4. The van der Waals surface area contributed by atoms with Gasteiger partial charge in [-0.1, -0.05) is 30.4 Å². The molecule has 2 amide bonds. The molecule has 1 N–H and O–H groups in total. The zero-order valence-electron chi connectivity index (χ0n) is 14.4. The summed E-state index contributed by atoms with van der Waals surface area (Å²) in [4.78, 5) is 29.8. The molecule has 0 bridgehead atoms. The molecule has 1 aromatic heterocycles. The van der Waals surface area contributed by atoms with Crippen LogP contribution in [0.15, 0.2) is 66.3 Å². The van der Waals surface area contributed by atoms with E-state index in [1.165, 1.54) is 11.2 Å². The van der Waals surface area contributed by atoms with E-state index < -0.39 is 0 Å². The number of carbonyl (C=O) groups is 2. The molecule has 136 valence electrons. The lowest BCUT2D eigenvalue weighted by Gasteiger charge is -2.19. The third-order valence-corrected chi connectivity index (χ3v) is 3.33. The summed E-state index contributed by atoms with van der Waals surface area (Å²) >= 11 is 0. The van der Waals surface area contributed by atoms with Gasteiger partial charge in [0.05, 0.1) is 6.54 Å². The van der Waals surface area contributed by atoms with Crippen molar-refractivity contribution < 1.29 is 18.7 Å². The summed E-state index contributed by atoms with van der Waals surface area (Å²) in [5.41, 5.74) is 0.147. The number of nitrogens with one attached hydrogen (secondary N) is 1. The van der Waals surface area contributed by atoms with Crippen molar-refractivity contribution in [2.24, 2.45) is 0 Å². The molecule has 0 atom stereocenters. The lowest BCUT2D eigenvalue weighted by molar-refractivity contribution is -0.133. The molecule has 0 fully saturated rings. The molecule has 2 rings (SSSR count). The van der Waals surface area contributed by atoms with Crippen LogP contribution in [0.4, 0.5) is 0 Å². The Kier molecular flexibility index (Phi) is 7.17. The van der Waals surface area contributed by atoms with Gasteiger partial charge in [-0.3, -0.25) is 9.59 Å². The summed E-state index contributed by atoms with van der Waals surface area (Å²) < 4.78 is 10.8. The molecule has 0 saturated carbocycles. The molecule has 0 aliphatic carbocycles. The smallest absolute Gasteiger partial charge is 0.273 e. The van der Waals surface area contributed by atoms with Crippen molar-refractivity contribution in [2.75, 3.05) is 19.7 Å². The van der Waals surface area contributed by atoms with E-state index in [1.54, 1.807) is 24.3 Å². The summed E-state index contributed by atoms with van der Waals surface area (Å²) in [6, 6.07) is 9.06. The summed E-state index contributed by atoms with van der Waals surface area (Å²) in [5, 5.41) is 2.61. The third-order valence-electron chi connectivity index (χ3n) is 3.33. The van der Waals surface area contributed by atoms with Gasteiger partial charge in [-0.15, -0.1) is 13.2 Å². The number of hydrogen-bond acceptors (Lipinski definition) is 5. The number of oxazole rings is 1. The molecule has 7 nitrogen and oxygen atoms in total. The first-order chi connectivity index (χ1) is 12.6. The largest absolute Gasteiger partial charge is 0.484 e. The third kappa shape index (κ3) is 5.62. The van der Waals surface area contributed by atoms with Gasteiger partial charge in [0.2, 0.25) is 5.89 Å². The molecule has 0 unspecified atom stereocenters. The highest BCUT2D eigenvalue weighted by atomic mass is 16.5. The topological polar surface area (TPSA) is 84.7 Å². The SMILES string of the molecule is C=CCNC(=O)c1coc(CN(CC=C)C(=O)COc2ccccc2)n1. The van der Waals surface area contributed by atoms with Crippen molar-refractivity contribution in [3.63, 3.8) is 0 Å². The first kappa shape index (κ1) is 19.0. The maximum atomic E-state index is 12.4. The number of rotatable bonds is 10. The number of aromatic nitrogens is 1. The fourth-order valence-corrected chi connectivity index (χ4v) is 2.07. The van der Waals surface area contributed by atoms with Gasteiger partial charge < -0.3 is 19.4 Å². The molecule has 0 spiro atoms. The molecule has 2 aromatic rings. The fourth-order valence-electron chi connectivity index (χ4n) is 2.07. The van der Waals surface area contributed by atoms with Crippen LogP contribution >= 0.6 is 0 Å². The number of para-hydroxylation sites is 1. The van der Waals surface area contributed by atoms with Crippen LogP contribution in [-0.2, 0) is 11.3 Å². The Hall–Kier alpha value is -3.35. The van der Waals surface area contributed by atoms with Gasteiger partial charge in [0.25, 0.3) is 11.8 Å². The number of carbonyl (C=O) groups excluding carboxylic acids is 2. The summed E-state index contributed by atoms with van der Waals surface area (Å²) in [7, 11) is 0. The van der Waals surface area contributed by atoms with E-state index in [4.69, 9.17) is 9.15 Å². The van der Waals surface area contributed by atoms with E-state index in [1.807, 2.05) is 18.2 Å². The number of amides is 2. The Morgan fingerprint density at radius 2 is 2.00 bits per heavy atom. The highest BCUT2D eigenvalue weighted by Crippen LogP contribution is 2.10. The predicted octanol–water partition coefficient (Wildman–Crippen LogP) is 2.18. The Morgan fingerprint density at radius 1 is 1.23 bits per heavy atom. The van der Waals surface area contributed by atoms with Gasteiger partial charge in [-0.25, -0.2) is 4.98 Å². The lowest BCUT2D eigenvalue weighted by Crippen LogP contribution is -2.34. The van der Waals surface area contributed by atoms with Gasteiger partial charge in [0.1, 0.15) is 12.0 Å². The van der Waals surface area contributed by atoms with Gasteiger partial charge >= 0.3 is 0 Å². The lowest BCUT2D eigenvalue weighted by atomic mass is 10.3. The summed E-state index contributed by atoms with van der Waals surface area (Å²) in [6.07, 6.45) is 4.42. The maximum absolute atomic E-state index is 12.4. The molecule has 26 heavy (non-hydrogen) atoms. The van der Waals surface area contributed by atoms with E-state index in [0.717, 1.165) is 0 Å². The first-order valence-corrected chi connectivity index (χ1v) is 8.04. The van der Waals surface area contributed by atoms with Crippen molar-refractivity contribution in [3.8, 4) is 5.75 Å². The average molecular weight is 355 g/mol. The van der Waals surface area contributed by atoms with Crippen LogP contribution in [0.5, 0.6) is 5.75 Å². The molecule has 7 heteroatoms. The monoisotopic (exact) mass is 355 g/mol. The second-order valence-corrected chi connectivity index (χ2v) is 5.29. The van der Waals surface area contributed by atoms with Crippen molar-refractivity contribution in [1.82, 2.24) is 15.2 Å². The quantitative estimate of drug-likeness (QED) is 0.661. The van der Waals surface area contributed by atoms with Gasteiger partial charge in [-0.2, -0.15) is 0 Å². The fraction of sp³-hybridized carbons (Fsp3) is 0.211. The Labute approximate surface area is 152 Å². The van der Waals surface area contributed by atoms with Crippen molar-refractivity contribution in [1.29, 1.82) is 0 Å².